The van der Waals surface area contributed by atoms with E-state index < -0.39 is 0 Å². The molecule has 5 nitrogen and oxygen atoms in total. The summed E-state index contributed by atoms with van der Waals surface area (Å²) in [7, 11) is 0. The fraction of sp³-hybridized carbons (Fsp3) is 0.636. The summed E-state index contributed by atoms with van der Waals surface area (Å²) in [5.74, 6) is -0.303. The van der Waals surface area contributed by atoms with E-state index in [1.165, 1.54) is 11.3 Å². The lowest BCUT2D eigenvalue weighted by molar-refractivity contribution is 0.0531. The highest BCUT2D eigenvalue weighted by molar-refractivity contribution is 7.17. The predicted octanol–water partition coefficient (Wildman–Crippen LogP) is 2.18. The number of rotatable bonds is 4. The van der Waals surface area contributed by atoms with Gasteiger partial charge in [-0.2, -0.15) is 0 Å². The molecule has 1 N–H and O–H groups in total. The maximum atomic E-state index is 11.6. The zero-order valence-corrected chi connectivity index (χ0v) is 10.8. The van der Waals surface area contributed by atoms with Crippen molar-refractivity contribution >= 4 is 22.4 Å². The number of aryl methyl sites for hydroxylation is 1. The van der Waals surface area contributed by atoms with Crippen molar-refractivity contribution in [2.75, 3.05) is 18.5 Å². The van der Waals surface area contributed by atoms with Gasteiger partial charge in [0.05, 0.1) is 12.3 Å². The van der Waals surface area contributed by atoms with Crippen LogP contribution in [0.15, 0.2) is 0 Å². The average Bonchev–Trinajstić information content (AvgIpc) is 2.89. The fourth-order valence-corrected chi connectivity index (χ4v) is 2.58. The van der Waals surface area contributed by atoms with Crippen LogP contribution in [0.2, 0.25) is 0 Å². The number of aromatic nitrogens is 1. The Labute approximate surface area is 104 Å². The molecule has 1 aliphatic heterocycles. The molecule has 1 fully saturated rings. The second-order valence-corrected chi connectivity index (χ2v) is 4.80. The lowest BCUT2D eigenvalue weighted by atomic mass is 10.3. The summed E-state index contributed by atoms with van der Waals surface area (Å²) in [6.07, 6.45) is 2.07. The predicted molar refractivity (Wildman–Crippen MR) is 65.4 cm³/mol. The molecule has 0 spiro atoms. The highest BCUT2D eigenvalue weighted by atomic mass is 32.1. The lowest BCUT2D eigenvalue weighted by Gasteiger charge is -2.09. The van der Waals surface area contributed by atoms with Crippen molar-refractivity contribution in [2.45, 2.75) is 32.9 Å². The van der Waals surface area contributed by atoms with Crippen molar-refractivity contribution in [3.8, 4) is 0 Å². The average molecular weight is 256 g/mol. The monoisotopic (exact) mass is 256 g/mol. The van der Waals surface area contributed by atoms with Crippen molar-refractivity contribution in [2.24, 2.45) is 0 Å². The van der Waals surface area contributed by atoms with E-state index in [0.717, 1.165) is 24.6 Å². The molecule has 1 unspecified atom stereocenters. The molecule has 0 bridgehead atoms. The van der Waals surface area contributed by atoms with Crippen LogP contribution in [0.1, 0.15) is 35.1 Å². The maximum absolute atomic E-state index is 11.6. The quantitative estimate of drug-likeness (QED) is 0.837. The van der Waals surface area contributed by atoms with E-state index in [0.29, 0.717) is 17.2 Å². The summed E-state index contributed by atoms with van der Waals surface area (Å²) < 4.78 is 10.4. The number of carbonyl (C=O) groups is 1. The fourth-order valence-electron chi connectivity index (χ4n) is 1.67. The third-order valence-electron chi connectivity index (χ3n) is 2.47. The van der Waals surface area contributed by atoms with E-state index in [1.807, 2.05) is 6.92 Å². The van der Waals surface area contributed by atoms with Crippen LogP contribution in [0.4, 0.5) is 5.13 Å². The number of thiazole rings is 1. The SMILES string of the molecule is CCOC(=O)c1sc(NC2CCCO2)nc1C. The van der Waals surface area contributed by atoms with E-state index in [-0.39, 0.29) is 12.2 Å². The van der Waals surface area contributed by atoms with Gasteiger partial charge < -0.3 is 14.8 Å². The summed E-state index contributed by atoms with van der Waals surface area (Å²) in [5.41, 5.74) is 0.703. The minimum absolute atomic E-state index is 0.0237. The van der Waals surface area contributed by atoms with Crippen molar-refractivity contribution in [3.05, 3.63) is 10.6 Å². The van der Waals surface area contributed by atoms with Crippen LogP contribution < -0.4 is 5.32 Å². The molecule has 1 aromatic heterocycles. The van der Waals surface area contributed by atoms with Gasteiger partial charge >= 0.3 is 5.97 Å². The molecule has 0 aromatic carbocycles. The van der Waals surface area contributed by atoms with E-state index in [2.05, 4.69) is 10.3 Å². The molecule has 0 amide bonds. The first kappa shape index (κ1) is 12.3. The van der Waals surface area contributed by atoms with E-state index >= 15 is 0 Å². The molecule has 1 saturated heterocycles. The maximum Gasteiger partial charge on any atom is 0.350 e. The van der Waals surface area contributed by atoms with Crippen molar-refractivity contribution in [1.82, 2.24) is 4.98 Å². The number of nitrogens with zero attached hydrogens (tertiary/aromatic N) is 1. The first-order valence-electron chi connectivity index (χ1n) is 5.73. The zero-order valence-electron chi connectivity index (χ0n) is 9.99. The number of ether oxygens (including phenoxy) is 2. The number of hydrogen-bond donors (Lipinski definition) is 1. The summed E-state index contributed by atoms with van der Waals surface area (Å²) >= 11 is 1.32. The Hall–Kier alpha value is -1.14. The van der Waals surface area contributed by atoms with Crippen LogP contribution in [0.25, 0.3) is 0 Å². The molecule has 1 aliphatic rings. The van der Waals surface area contributed by atoms with Gasteiger partial charge in [-0.3, -0.25) is 0 Å². The number of anilines is 1. The van der Waals surface area contributed by atoms with Gasteiger partial charge in [0.25, 0.3) is 0 Å². The highest BCUT2D eigenvalue weighted by Gasteiger charge is 2.20. The standard InChI is InChI=1S/C11H16N2O3S/c1-3-15-10(14)9-7(2)12-11(17-9)13-8-5-4-6-16-8/h8H,3-6H2,1-2H3,(H,12,13). The molecule has 0 radical (unpaired) electrons. The topological polar surface area (TPSA) is 60.5 Å². The number of carbonyl (C=O) groups excluding carboxylic acids is 1. The van der Waals surface area contributed by atoms with Crippen LogP contribution in [0.5, 0.6) is 0 Å². The Balaban J connectivity index is 2.04. The summed E-state index contributed by atoms with van der Waals surface area (Å²) in [5, 5.41) is 3.90. The van der Waals surface area contributed by atoms with Crippen LogP contribution >= 0.6 is 11.3 Å². The summed E-state index contributed by atoms with van der Waals surface area (Å²) in [4.78, 5) is 16.5. The first-order valence-corrected chi connectivity index (χ1v) is 6.55. The summed E-state index contributed by atoms with van der Waals surface area (Å²) in [6, 6.07) is 0. The molecule has 0 saturated carbocycles. The molecule has 17 heavy (non-hydrogen) atoms. The van der Waals surface area contributed by atoms with Gasteiger partial charge in [0.1, 0.15) is 11.1 Å². The Bertz CT molecular complexity index is 399. The molecule has 2 rings (SSSR count). The van der Waals surface area contributed by atoms with Gasteiger partial charge in [0.15, 0.2) is 5.13 Å². The Morgan fingerprint density at radius 3 is 3.18 bits per heavy atom. The molecule has 0 aliphatic carbocycles. The van der Waals surface area contributed by atoms with E-state index in [9.17, 15) is 4.79 Å². The molecule has 94 valence electrons. The van der Waals surface area contributed by atoms with Crippen LogP contribution in [0.3, 0.4) is 0 Å². The molecule has 2 heterocycles. The third kappa shape index (κ3) is 2.95. The summed E-state index contributed by atoms with van der Waals surface area (Å²) in [6.45, 7) is 4.76. The third-order valence-corrected chi connectivity index (χ3v) is 3.54. The first-order chi connectivity index (χ1) is 8.20. The van der Waals surface area contributed by atoms with Gasteiger partial charge in [0.2, 0.25) is 0 Å². The van der Waals surface area contributed by atoms with Gasteiger partial charge in [-0.05, 0) is 26.7 Å². The second kappa shape index (κ2) is 5.46. The van der Waals surface area contributed by atoms with Crippen LogP contribution in [0, 0.1) is 6.92 Å². The molecular weight excluding hydrogens is 240 g/mol. The number of hydrogen-bond acceptors (Lipinski definition) is 6. The molecule has 1 atom stereocenters. The van der Waals surface area contributed by atoms with Crippen LogP contribution in [-0.2, 0) is 9.47 Å². The Morgan fingerprint density at radius 2 is 2.53 bits per heavy atom. The second-order valence-electron chi connectivity index (χ2n) is 3.80. The minimum atomic E-state index is -0.303. The smallest absolute Gasteiger partial charge is 0.350 e. The molecule has 6 heteroatoms. The Morgan fingerprint density at radius 1 is 1.71 bits per heavy atom. The van der Waals surface area contributed by atoms with Gasteiger partial charge in [-0.15, -0.1) is 0 Å². The van der Waals surface area contributed by atoms with Crippen molar-refractivity contribution in [3.63, 3.8) is 0 Å². The zero-order chi connectivity index (χ0) is 12.3. The highest BCUT2D eigenvalue weighted by Crippen LogP contribution is 2.25. The molecular formula is C11H16N2O3S. The van der Waals surface area contributed by atoms with Gasteiger partial charge in [0, 0.05) is 6.61 Å². The van der Waals surface area contributed by atoms with Crippen LogP contribution in [-0.4, -0.2) is 30.4 Å². The van der Waals surface area contributed by atoms with E-state index in [4.69, 9.17) is 9.47 Å². The minimum Gasteiger partial charge on any atom is -0.462 e. The van der Waals surface area contributed by atoms with Crippen molar-refractivity contribution in [1.29, 1.82) is 0 Å². The normalized spacial score (nSPS) is 19.3. The van der Waals surface area contributed by atoms with Gasteiger partial charge in [-0.1, -0.05) is 11.3 Å². The van der Waals surface area contributed by atoms with Gasteiger partial charge in [-0.25, -0.2) is 9.78 Å². The Kier molecular flexibility index (Phi) is 3.96. The lowest BCUT2D eigenvalue weighted by Crippen LogP contribution is -2.16. The number of nitrogens with one attached hydrogen (secondary N) is 1. The van der Waals surface area contributed by atoms with E-state index in [1.54, 1.807) is 6.92 Å². The van der Waals surface area contributed by atoms with Crippen molar-refractivity contribution < 1.29 is 14.3 Å². The number of esters is 1. The largest absolute Gasteiger partial charge is 0.462 e. The molecule has 1 aromatic rings.